The number of aliphatic hydroxyl groups is 1. The number of amides is 1. The van der Waals surface area contributed by atoms with Crippen LogP contribution in [-0.4, -0.2) is 95.4 Å². The van der Waals surface area contributed by atoms with Gasteiger partial charge in [-0.2, -0.15) is 0 Å². The number of nitrogens with zero attached hydrogens (tertiary/aromatic N) is 2. The number of ketones is 4. The van der Waals surface area contributed by atoms with Crippen LogP contribution in [0.1, 0.15) is 27.9 Å². The highest BCUT2D eigenvalue weighted by atomic mass is 16.3. The van der Waals surface area contributed by atoms with Gasteiger partial charge in [-0.15, -0.1) is 0 Å². The summed E-state index contributed by atoms with van der Waals surface area (Å²) >= 11 is 0. The number of nitrogens with two attached hydrogens (primary N) is 1. The number of hydrogen-bond acceptors (Lipinski definition) is 9. The number of benzene rings is 1. The molecule has 1 aromatic carbocycles. The summed E-state index contributed by atoms with van der Waals surface area (Å²) in [7, 11) is 6.82. The van der Waals surface area contributed by atoms with E-state index in [0.29, 0.717) is 17.7 Å². The zero-order valence-corrected chi connectivity index (χ0v) is 20.6. The van der Waals surface area contributed by atoms with E-state index in [0.717, 1.165) is 0 Å². The number of rotatable bonds is 3. The molecule has 190 valence electrons. The molecule has 0 radical (unpaired) electrons. The van der Waals surface area contributed by atoms with Gasteiger partial charge in [0.25, 0.3) is 0 Å². The number of phenols is 1. The van der Waals surface area contributed by atoms with Crippen molar-refractivity contribution >= 4 is 29.0 Å². The molecule has 2 fully saturated rings. The number of aromatic hydroxyl groups is 1. The first-order chi connectivity index (χ1) is 16.8. The molecule has 0 aromatic heterocycles. The molecule has 1 aromatic rings. The molecule has 2 saturated carbocycles. The fourth-order valence-electron chi connectivity index (χ4n) is 6.01. The molecular weight excluding hydrogens is 466 g/mol. The van der Waals surface area contributed by atoms with Gasteiger partial charge in [-0.05, 0) is 64.6 Å². The van der Waals surface area contributed by atoms with Crippen LogP contribution in [0.25, 0.3) is 0 Å². The third-order valence-electron chi connectivity index (χ3n) is 7.56. The first kappa shape index (κ1) is 25.7. The van der Waals surface area contributed by atoms with E-state index in [1.165, 1.54) is 11.0 Å². The number of carbonyl (C=O) groups is 5. The molecule has 0 bridgehead atoms. The van der Waals surface area contributed by atoms with Crippen LogP contribution in [0.2, 0.25) is 0 Å². The second kappa shape index (κ2) is 8.92. The quantitative estimate of drug-likeness (QED) is 0.345. The maximum atomic E-state index is 13.7. The Balaban J connectivity index is 1.84. The van der Waals surface area contributed by atoms with Gasteiger partial charge in [-0.1, -0.05) is 11.8 Å². The van der Waals surface area contributed by atoms with Gasteiger partial charge < -0.3 is 15.9 Å². The Morgan fingerprint density at radius 1 is 1.14 bits per heavy atom. The van der Waals surface area contributed by atoms with Crippen LogP contribution in [-0.2, 0) is 25.6 Å². The molecule has 0 aliphatic heterocycles. The first-order valence-electron chi connectivity index (χ1n) is 11.6. The van der Waals surface area contributed by atoms with Crippen LogP contribution in [0.4, 0.5) is 0 Å². The Hall–Kier alpha value is -3.39. The number of carbonyl (C=O) groups excluding carboxylic acids is 5. The van der Waals surface area contributed by atoms with Crippen LogP contribution >= 0.6 is 0 Å². The van der Waals surface area contributed by atoms with Gasteiger partial charge in [0.15, 0.2) is 34.7 Å². The monoisotopic (exact) mass is 495 g/mol. The van der Waals surface area contributed by atoms with E-state index in [1.807, 2.05) is 19.0 Å². The maximum absolute atomic E-state index is 13.7. The van der Waals surface area contributed by atoms with Gasteiger partial charge in [0.1, 0.15) is 5.75 Å². The number of fused-ring (bicyclic) bond motifs is 3. The summed E-state index contributed by atoms with van der Waals surface area (Å²) in [6.45, 7) is 0.471. The third-order valence-corrected chi connectivity index (χ3v) is 7.56. The summed E-state index contributed by atoms with van der Waals surface area (Å²) in [6, 6.07) is 1.81. The highest BCUT2D eigenvalue weighted by Gasteiger charge is 2.69. The smallest absolute Gasteiger partial charge is 0.235 e. The Bertz CT molecular complexity index is 1260. The van der Waals surface area contributed by atoms with Gasteiger partial charge >= 0.3 is 0 Å². The fourth-order valence-corrected chi connectivity index (χ4v) is 6.01. The van der Waals surface area contributed by atoms with Crippen LogP contribution < -0.4 is 5.73 Å². The summed E-state index contributed by atoms with van der Waals surface area (Å²) in [6.07, 6.45) is 0.191. The lowest BCUT2D eigenvalue weighted by atomic mass is 9.52. The van der Waals surface area contributed by atoms with E-state index >= 15 is 0 Å². The van der Waals surface area contributed by atoms with E-state index in [2.05, 4.69) is 11.8 Å². The van der Waals surface area contributed by atoms with Crippen LogP contribution in [0, 0.1) is 35.5 Å². The van der Waals surface area contributed by atoms with E-state index in [9.17, 15) is 34.2 Å². The lowest BCUT2D eigenvalue weighted by Gasteiger charge is -2.52. The number of primary amides is 1. The van der Waals surface area contributed by atoms with Crippen molar-refractivity contribution in [1.29, 1.82) is 0 Å². The minimum atomic E-state index is -2.73. The zero-order valence-electron chi connectivity index (χ0n) is 20.6. The Kier molecular flexibility index (Phi) is 6.37. The van der Waals surface area contributed by atoms with Crippen LogP contribution in [0.5, 0.6) is 5.75 Å². The topological polar surface area (TPSA) is 158 Å². The molecular formula is C26H29N3O7. The zero-order chi connectivity index (χ0) is 26.7. The Morgan fingerprint density at radius 3 is 2.39 bits per heavy atom. The number of hydrogen-bond donors (Lipinski definition) is 3. The third kappa shape index (κ3) is 3.66. The lowest BCUT2D eigenvalue weighted by Crippen LogP contribution is -2.74. The molecule has 36 heavy (non-hydrogen) atoms. The second-order valence-electron chi connectivity index (χ2n) is 10.3. The normalized spacial score (nSPS) is 31.5. The molecule has 6 atom stereocenters. The minimum absolute atomic E-state index is 0.00409. The van der Waals surface area contributed by atoms with Gasteiger partial charge in [-0.25, -0.2) is 0 Å². The lowest BCUT2D eigenvalue weighted by molar-refractivity contribution is -0.181. The average Bonchev–Trinajstić information content (AvgIpc) is 2.77. The number of phenolic OH excluding ortho intramolecular Hbond substituents is 1. The predicted octanol–water partition coefficient (Wildman–Crippen LogP) is -1.22. The Morgan fingerprint density at radius 2 is 1.81 bits per heavy atom. The van der Waals surface area contributed by atoms with Gasteiger partial charge in [0.2, 0.25) is 5.91 Å². The predicted molar refractivity (Wildman–Crippen MR) is 127 cm³/mol. The molecule has 0 spiro atoms. The van der Waals surface area contributed by atoms with E-state index in [1.54, 1.807) is 20.2 Å². The van der Waals surface area contributed by atoms with Crippen molar-refractivity contribution in [2.24, 2.45) is 29.4 Å². The van der Waals surface area contributed by atoms with E-state index in [4.69, 9.17) is 5.73 Å². The fraction of sp³-hybridized carbons (Fsp3) is 0.500. The van der Waals surface area contributed by atoms with Crippen molar-refractivity contribution in [1.82, 2.24) is 9.80 Å². The average molecular weight is 496 g/mol. The maximum Gasteiger partial charge on any atom is 0.235 e. The van der Waals surface area contributed by atoms with Crippen molar-refractivity contribution in [3.8, 4) is 17.6 Å². The molecule has 0 heterocycles. The van der Waals surface area contributed by atoms with Crippen LogP contribution in [0.15, 0.2) is 12.1 Å². The van der Waals surface area contributed by atoms with Crippen molar-refractivity contribution < 1.29 is 34.2 Å². The first-order valence-corrected chi connectivity index (χ1v) is 11.6. The molecule has 3 aliphatic carbocycles. The number of Topliss-reactive ketones (excluding diaryl/α,β-unsaturated/α-hetero) is 4. The molecule has 4 N–H and O–H groups in total. The summed E-state index contributed by atoms with van der Waals surface area (Å²) < 4.78 is 0. The Labute approximate surface area is 208 Å². The van der Waals surface area contributed by atoms with Crippen molar-refractivity contribution in [3.05, 3.63) is 28.8 Å². The van der Waals surface area contributed by atoms with E-state index < -0.39 is 64.4 Å². The summed E-state index contributed by atoms with van der Waals surface area (Å²) in [5.74, 6) is -4.56. The summed E-state index contributed by atoms with van der Waals surface area (Å²) in [5.41, 5.74) is 3.57. The highest BCUT2D eigenvalue weighted by molar-refractivity contribution is 6.32. The molecule has 3 aliphatic rings. The number of likely N-dealkylation sites (N-methyl/N-ethyl adjacent to an activating group) is 1. The van der Waals surface area contributed by atoms with Crippen molar-refractivity contribution in [2.45, 2.75) is 24.5 Å². The highest BCUT2D eigenvalue weighted by Crippen LogP contribution is 2.50. The molecule has 10 heteroatoms. The largest absolute Gasteiger partial charge is 0.507 e. The van der Waals surface area contributed by atoms with Crippen molar-refractivity contribution in [3.63, 3.8) is 0 Å². The summed E-state index contributed by atoms with van der Waals surface area (Å²) in [4.78, 5) is 69.0. The van der Waals surface area contributed by atoms with Crippen molar-refractivity contribution in [2.75, 3.05) is 34.7 Å². The molecule has 4 rings (SSSR count). The molecule has 2 unspecified atom stereocenters. The molecule has 1 amide bonds. The molecule has 0 saturated heterocycles. The van der Waals surface area contributed by atoms with Gasteiger partial charge in [0, 0.05) is 11.5 Å². The van der Waals surface area contributed by atoms with E-state index in [-0.39, 0.29) is 24.2 Å². The second-order valence-corrected chi connectivity index (χ2v) is 10.3. The summed E-state index contributed by atoms with van der Waals surface area (Å²) in [5, 5.41) is 22.1. The van der Waals surface area contributed by atoms with Crippen LogP contribution in [0.3, 0.4) is 0 Å². The van der Waals surface area contributed by atoms with Gasteiger partial charge in [0.05, 0.1) is 24.1 Å². The molecule has 10 nitrogen and oxygen atoms in total. The minimum Gasteiger partial charge on any atom is -0.507 e. The van der Waals surface area contributed by atoms with Gasteiger partial charge in [-0.3, -0.25) is 33.8 Å². The standard InChI is InChI=1S/C26H29N3O7/c1-28(2)9-5-6-12-7-8-16(30)18-14(12)10-13-11-15-20(29(3)4)22(32)19(25(27)35)24(34)26(15,36)23(33)17(13)21(18)31/h7-8,13,15,17,19-20,30,36H,9-11H2,1-4H3,(H2,27,35)/t13-,15-,17?,19?,20-,26-/m1/s1. The SMILES string of the molecule is CN(C)CC#Cc1ccc(O)c2c1C[C@@H]1C[C@@H]3[C@@H](N(C)C)C(=O)C(C(N)=O)C(=O)[C@]3(O)C(=O)C1C2=O.